The third-order valence-electron chi connectivity index (χ3n) is 7.15. The van der Waals surface area contributed by atoms with Crippen LogP contribution in [-0.4, -0.2) is 70.2 Å². The molecule has 6 rings (SSSR count). The monoisotopic (exact) mass is 424 g/mol. The lowest BCUT2D eigenvalue weighted by molar-refractivity contribution is -0.136. The van der Waals surface area contributed by atoms with Gasteiger partial charge < -0.3 is 4.90 Å². The van der Waals surface area contributed by atoms with E-state index in [9.17, 15) is 19.2 Å². The van der Waals surface area contributed by atoms with E-state index >= 15 is 0 Å². The fourth-order valence-corrected chi connectivity index (χ4v) is 5.60. The molecule has 8 heteroatoms. The second kappa shape index (κ2) is 6.88. The highest BCUT2D eigenvalue weighted by Crippen LogP contribution is 2.38. The molecule has 0 saturated carbocycles. The van der Waals surface area contributed by atoms with Gasteiger partial charge in [0, 0.05) is 42.8 Å². The number of hydrogen-bond acceptors (Lipinski definition) is 6. The van der Waals surface area contributed by atoms with Crippen LogP contribution in [0.25, 0.3) is 0 Å². The average molecular weight is 425 g/mol. The Labute approximate surface area is 181 Å². The van der Waals surface area contributed by atoms with E-state index in [-0.39, 0.29) is 24.3 Å². The van der Waals surface area contributed by atoms with Gasteiger partial charge in [0.1, 0.15) is 6.04 Å². The Hall–Kier alpha value is -2.74. The number of rotatable bonds is 2. The number of imide groups is 2. The summed E-state index contributed by atoms with van der Waals surface area (Å²) in [6, 6.07) is 5.35. The number of anilines is 1. The first-order valence-electron chi connectivity index (χ1n) is 11.0. The second-order valence-corrected chi connectivity index (χ2v) is 10.0. The van der Waals surface area contributed by atoms with E-state index in [0.717, 1.165) is 30.1 Å². The van der Waals surface area contributed by atoms with Crippen molar-refractivity contribution in [1.82, 2.24) is 15.1 Å². The molecule has 0 radical (unpaired) electrons. The number of amides is 4. The van der Waals surface area contributed by atoms with Crippen LogP contribution in [0.3, 0.4) is 0 Å². The predicted octanol–water partition coefficient (Wildman–Crippen LogP) is 1.54. The number of carbonyl (C=O) groups is 4. The van der Waals surface area contributed by atoms with Crippen LogP contribution >= 0.6 is 0 Å². The molecule has 4 fully saturated rings. The minimum absolute atomic E-state index is 0.121. The Kier molecular flexibility index (Phi) is 4.48. The van der Waals surface area contributed by atoms with Gasteiger partial charge >= 0.3 is 0 Å². The SMILES string of the molecule is CC(C)(C)N1CC2CCC1CN2c1ccc2c(c1)C(=O)N([C@H]1CCC(=O)NC1=O)C2=O. The number of fused-ring (bicyclic) bond motifs is 4. The summed E-state index contributed by atoms with van der Waals surface area (Å²) in [6.07, 6.45) is 2.57. The second-order valence-electron chi connectivity index (χ2n) is 10.0. The highest BCUT2D eigenvalue weighted by molar-refractivity contribution is 6.23. The fraction of sp³-hybridized carbons (Fsp3) is 0.565. The van der Waals surface area contributed by atoms with Crippen molar-refractivity contribution in [2.75, 3.05) is 18.0 Å². The maximum atomic E-state index is 13.1. The van der Waals surface area contributed by atoms with Gasteiger partial charge in [-0.25, -0.2) is 0 Å². The first-order chi connectivity index (χ1) is 14.6. The summed E-state index contributed by atoms with van der Waals surface area (Å²) in [5.41, 5.74) is 1.75. The van der Waals surface area contributed by atoms with E-state index in [4.69, 9.17) is 0 Å². The van der Waals surface area contributed by atoms with Crippen LogP contribution in [0.2, 0.25) is 0 Å². The molecule has 3 atom stereocenters. The lowest BCUT2D eigenvalue weighted by atomic mass is 9.86. The molecule has 5 heterocycles. The molecule has 0 aromatic heterocycles. The first-order valence-corrected chi connectivity index (χ1v) is 11.0. The normalized spacial score (nSPS) is 28.9. The molecule has 31 heavy (non-hydrogen) atoms. The largest absolute Gasteiger partial charge is 0.366 e. The molecule has 1 aromatic carbocycles. The lowest BCUT2D eigenvalue weighted by Crippen LogP contribution is -2.66. The number of nitrogens with one attached hydrogen (secondary N) is 1. The van der Waals surface area contributed by atoms with Gasteiger partial charge in [-0.2, -0.15) is 0 Å². The summed E-state index contributed by atoms with van der Waals surface area (Å²) in [5, 5.41) is 2.23. The number of piperazine rings is 1. The molecule has 5 aliphatic heterocycles. The van der Waals surface area contributed by atoms with Gasteiger partial charge in [-0.15, -0.1) is 0 Å². The third-order valence-corrected chi connectivity index (χ3v) is 7.15. The van der Waals surface area contributed by atoms with Crippen LogP contribution in [0.4, 0.5) is 5.69 Å². The van der Waals surface area contributed by atoms with Gasteiger partial charge in [-0.1, -0.05) is 0 Å². The minimum atomic E-state index is -0.931. The summed E-state index contributed by atoms with van der Waals surface area (Å²) in [6.45, 7) is 8.64. The quantitative estimate of drug-likeness (QED) is 0.725. The van der Waals surface area contributed by atoms with Crippen molar-refractivity contribution >= 4 is 29.3 Å². The van der Waals surface area contributed by atoms with Crippen molar-refractivity contribution in [2.45, 2.75) is 70.1 Å². The molecule has 4 saturated heterocycles. The molecule has 0 aliphatic carbocycles. The van der Waals surface area contributed by atoms with Crippen molar-refractivity contribution in [1.29, 1.82) is 0 Å². The van der Waals surface area contributed by atoms with Crippen LogP contribution in [0, 0.1) is 0 Å². The van der Waals surface area contributed by atoms with Crippen molar-refractivity contribution in [3.05, 3.63) is 29.3 Å². The lowest BCUT2D eigenvalue weighted by Gasteiger charge is -2.56. The van der Waals surface area contributed by atoms with E-state index in [2.05, 4.69) is 35.9 Å². The molecule has 1 aromatic rings. The average Bonchev–Trinajstić information content (AvgIpc) is 2.98. The first kappa shape index (κ1) is 20.2. The van der Waals surface area contributed by atoms with Crippen LogP contribution < -0.4 is 10.2 Å². The molecular formula is C23H28N4O4. The molecule has 4 amide bonds. The highest BCUT2D eigenvalue weighted by atomic mass is 16.2. The van der Waals surface area contributed by atoms with E-state index in [1.807, 2.05) is 12.1 Å². The van der Waals surface area contributed by atoms with Gasteiger partial charge in [0.2, 0.25) is 11.8 Å². The van der Waals surface area contributed by atoms with Gasteiger partial charge in [0.05, 0.1) is 11.1 Å². The van der Waals surface area contributed by atoms with Crippen molar-refractivity contribution in [3.63, 3.8) is 0 Å². The Morgan fingerprint density at radius 2 is 1.61 bits per heavy atom. The molecule has 5 aliphatic rings. The molecule has 2 bridgehead atoms. The number of piperidine rings is 3. The maximum absolute atomic E-state index is 13.1. The molecule has 164 valence electrons. The summed E-state index contributed by atoms with van der Waals surface area (Å²) in [5.74, 6) is -1.86. The van der Waals surface area contributed by atoms with Gasteiger partial charge in [-0.05, 0) is 58.2 Å². The summed E-state index contributed by atoms with van der Waals surface area (Å²) in [7, 11) is 0. The van der Waals surface area contributed by atoms with Crippen LogP contribution in [0.5, 0.6) is 0 Å². The summed E-state index contributed by atoms with van der Waals surface area (Å²) in [4.78, 5) is 55.7. The number of hydrogen-bond donors (Lipinski definition) is 1. The van der Waals surface area contributed by atoms with E-state index in [1.54, 1.807) is 6.07 Å². The summed E-state index contributed by atoms with van der Waals surface area (Å²) >= 11 is 0. The predicted molar refractivity (Wildman–Crippen MR) is 114 cm³/mol. The van der Waals surface area contributed by atoms with E-state index in [1.165, 1.54) is 6.42 Å². The van der Waals surface area contributed by atoms with Gasteiger partial charge in [-0.3, -0.25) is 34.3 Å². The smallest absolute Gasteiger partial charge is 0.262 e. The van der Waals surface area contributed by atoms with Crippen molar-refractivity contribution in [3.8, 4) is 0 Å². The topological polar surface area (TPSA) is 90.0 Å². The molecule has 0 spiro atoms. The Morgan fingerprint density at radius 3 is 2.26 bits per heavy atom. The zero-order valence-electron chi connectivity index (χ0n) is 18.2. The van der Waals surface area contributed by atoms with Crippen molar-refractivity contribution in [2.24, 2.45) is 0 Å². The van der Waals surface area contributed by atoms with Crippen LogP contribution in [-0.2, 0) is 9.59 Å². The van der Waals surface area contributed by atoms with E-state index in [0.29, 0.717) is 23.2 Å². The van der Waals surface area contributed by atoms with E-state index < -0.39 is 23.8 Å². The maximum Gasteiger partial charge on any atom is 0.262 e. The van der Waals surface area contributed by atoms with Gasteiger partial charge in [0.15, 0.2) is 0 Å². The Morgan fingerprint density at radius 1 is 0.903 bits per heavy atom. The molecule has 8 nitrogen and oxygen atoms in total. The van der Waals surface area contributed by atoms with Crippen molar-refractivity contribution < 1.29 is 19.2 Å². The summed E-state index contributed by atoms with van der Waals surface area (Å²) < 4.78 is 0. The zero-order chi connectivity index (χ0) is 22.1. The number of benzene rings is 1. The highest BCUT2D eigenvalue weighted by Gasteiger charge is 2.46. The van der Waals surface area contributed by atoms with Crippen LogP contribution in [0.1, 0.15) is 67.2 Å². The number of carbonyl (C=O) groups excluding carboxylic acids is 4. The molecular weight excluding hydrogens is 396 g/mol. The molecule has 2 unspecified atom stereocenters. The Balaban J connectivity index is 1.40. The molecule has 1 N–H and O–H groups in total. The van der Waals surface area contributed by atoms with Crippen LogP contribution in [0.15, 0.2) is 18.2 Å². The fourth-order valence-electron chi connectivity index (χ4n) is 5.60. The van der Waals surface area contributed by atoms with Gasteiger partial charge in [0.25, 0.3) is 11.8 Å². The Bertz CT molecular complexity index is 998. The third kappa shape index (κ3) is 3.15. The standard InChI is InChI=1S/C23H28N4O4/c1-23(2,3)26-12-14-4-5-15(26)11-25(14)13-6-7-16-17(10-13)22(31)27(21(16)30)18-8-9-19(28)24-20(18)29/h6-7,10,14-15,18H,4-5,8-9,11-12H2,1-3H3,(H,24,28,29)/t14?,15?,18-/m0/s1. The minimum Gasteiger partial charge on any atom is -0.366 e. The zero-order valence-corrected chi connectivity index (χ0v) is 18.2. The number of nitrogens with zero attached hydrogens (tertiary/aromatic N) is 3.